The van der Waals surface area contributed by atoms with Crippen LogP contribution in [0.3, 0.4) is 0 Å². The van der Waals surface area contributed by atoms with Crippen molar-refractivity contribution in [3.63, 3.8) is 0 Å². The summed E-state index contributed by atoms with van der Waals surface area (Å²) in [4.78, 5) is 10.3. The Morgan fingerprint density at radius 3 is 1.96 bits per heavy atom. The van der Waals surface area contributed by atoms with E-state index in [2.05, 4.69) is 152 Å². The average molecular weight is 852 g/mol. The molecule has 0 saturated heterocycles. The van der Waals surface area contributed by atoms with Gasteiger partial charge in [-0.3, -0.25) is 4.98 Å². The molecule has 4 nitrogen and oxygen atoms in total. The van der Waals surface area contributed by atoms with Gasteiger partial charge in [-0.25, -0.2) is 4.98 Å². The van der Waals surface area contributed by atoms with Gasteiger partial charge in [-0.1, -0.05) is 120 Å². The zero-order valence-electron chi connectivity index (χ0n) is 31.0. The molecule has 0 saturated carbocycles. The number of aromatic hydroxyl groups is 1. The Morgan fingerprint density at radius 2 is 1.31 bits per heavy atom. The van der Waals surface area contributed by atoms with Gasteiger partial charge in [0.1, 0.15) is 11.6 Å². The number of benzene rings is 5. The van der Waals surface area contributed by atoms with E-state index >= 15 is 0 Å². The quantitative estimate of drug-likeness (QED) is 0.176. The molecule has 0 bridgehead atoms. The van der Waals surface area contributed by atoms with Crippen LogP contribution in [0.2, 0.25) is 0 Å². The standard InChI is InChI=1S/C46H46N3O.Pt/c1-28(2)49-40-25-32(30-14-11-10-12-15-30)24-37(43(40)48-44(49)39-26-35(45(4,5)6)17-18-41(39)50)33-20-29(3)21-34(22-33)38-27-36(46(7,8)9)23-31-16-13-19-47-42(31)38;/h10-21,23-28,50H,1-9H3;/q-1;. The number of rotatable bonds is 5. The molecular weight excluding hydrogens is 806 g/mol. The molecule has 5 heteroatoms. The van der Waals surface area contributed by atoms with E-state index in [9.17, 15) is 5.11 Å². The fraction of sp³-hybridized carbons (Fsp3) is 0.261. The number of pyridine rings is 1. The van der Waals surface area contributed by atoms with Gasteiger partial charge in [0.15, 0.2) is 0 Å². The fourth-order valence-electron chi connectivity index (χ4n) is 6.93. The number of fused-ring (bicyclic) bond motifs is 2. The average Bonchev–Trinajstić information content (AvgIpc) is 3.46. The van der Waals surface area contributed by atoms with Gasteiger partial charge >= 0.3 is 0 Å². The largest absolute Gasteiger partial charge is 0.507 e. The van der Waals surface area contributed by atoms with Crippen molar-refractivity contribution in [1.82, 2.24) is 14.5 Å². The summed E-state index contributed by atoms with van der Waals surface area (Å²) in [5.74, 6) is 0.980. The van der Waals surface area contributed by atoms with Crippen molar-refractivity contribution < 1.29 is 26.2 Å². The topological polar surface area (TPSA) is 50.9 Å². The summed E-state index contributed by atoms with van der Waals surface area (Å²) >= 11 is 0. The van der Waals surface area contributed by atoms with Crippen LogP contribution < -0.4 is 0 Å². The second-order valence-corrected chi connectivity index (χ2v) is 16.0. The third-order valence-corrected chi connectivity index (χ3v) is 9.69. The molecule has 51 heavy (non-hydrogen) atoms. The maximum atomic E-state index is 11.3. The van der Waals surface area contributed by atoms with E-state index in [0.717, 1.165) is 77.8 Å². The molecule has 0 fully saturated rings. The molecule has 0 spiro atoms. The van der Waals surface area contributed by atoms with Gasteiger partial charge in [0.05, 0.1) is 16.6 Å². The van der Waals surface area contributed by atoms with Crippen LogP contribution in [0.4, 0.5) is 0 Å². The van der Waals surface area contributed by atoms with Crippen molar-refractivity contribution in [2.45, 2.75) is 79.2 Å². The normalized spacial score (nSPS) is 12.1. The Labute approximate surface area is 316 Å². The van der Waals surface area contributed by atoms with Gasteiger partial charge in [-0.15, -0.1) is 34.9 Å². The van der Waals surface area contributed by atoms with Gasteiger partial charge in [0.25, 0.3) is 0 Å². The summed E-state index contributed by atoms with van der Waals surface area (Å²) in [6.45, 7) is 19.9. The SMILES string of the molecule is Cc1cc(-c2cc(C(C)(C)C)cc3cccnc23)[c-]c(-c2cc(-c3ccccc3)cc3c2nc(-c2cc(C(C)(C)C)ccc2O)n3C(C)C)c1.[Pt]. The predicted octanol–water partition coefficient (Wildman–Crippen LogP) is 12.2. The zero-order chi connectivity index (χ0) is 35.5. The summed E-state index contributed by atoms with van der Waals surface area (Å²) in [6, 6.07) is 38.0. The number of nitrogens with zero attached hydrogens (tertiary/aromatic N) is 3. The van der Waals surface area contributed by atoms with Crippen LogP contribution in [0, 0.1) is 13.0 Å². The van der Waals surface area contributed by atoms with E-state index in [1.165, 1.54) is 5.56 Å². The summed E-state index contributed by atoms with van der Waals surface area (Å²) in [5.41, 5.74) is 13.3. The number of imidazole rings is 1. The molecular formula is C46H46N3OPt-. The molecule has 0 atom stereocenters. The van der Waals surface area contributed by atoms with Crippen LogP contribution in [-0.4, -0.2) is 19.6 Å². The van der Waals surface area contributed by atoms with E-state index in [1.807, 2.05) is 18.3 Å². The van der Waals surface area contributed by atoms with Crippen molar-refractivity contribution in [2.24, 2.45) is 0 Å². The van der Waals surface area contributed by atoms with Crippen LogP contribution >= 0.6 is 0 Å². The van der Waals surface area contributed by atoms with Crippen molar-refractivity contribution in [3.8, 4) is 50.5 Å². The third-order valence-electron chi connectivity index (χ3n) is 9.69. The molecule has 0 unspecified atom stereocenters. The first-order valence-electron chi connectivity index (χ1n) is 17.6. The molecule has 2 aromatic heterocycles. The molecule has 262 valence electrons. The van der Waals surface area contributed by atoms with Crippen molar-refractivity contribution in [3.05, 3.63) is 126 Å². The minimum atomic E-state index is -0.0843. The van der Waals surface area contributed by atoms with Crippen LogP contribution in [0.5, 0.6) is 5.75 Å². The summed E-state index contributed by atoms with van der Waals surface area (Å²) in [5, 5.41) is 12.4. The second-order valence-electron chi connectivity index (χ2n) is 16.0. The maximum Gasteiger partial charge on any atom is 0.144 e. The van der Waals surface area contributed by atoms with E-state index < -0.39 is 0 Å². The smallest absolute Gasteiger partial charge is 0.144 e. The van der Waals surface area contributed by atoms with Crippen LogP contribution in [0.15, 0.2) is 103 Å². The summed E-state index contributed by atoms with van der Waals surface area (Å²) < 4.78 is 2.27. The third kappa shape index (κ3) is 6.91. The Hall–Kier alpha value is -4.53. The predicted molar refractivity (Wildman–Crippen MR) is 210 cm³/mol. The first-order chi connectivity index (χ1) is 23.7. The van der Waals surface area contributed by atoms with Crippen LogP contribution in [0.1, 0.15) is 78.1 Å². The molecule has 0 amide bonds. The second kappa shape index (κ2) is 13.5. The fourth-order valence-corrected chi connectivity index (χ4v) is 6.93. The molecule has 7 aromatic rings. The first-order valence-corrected chi connectivity index (χ1v) is 17.6. The number of phenolic OH excluding ortho intramolecular Hbond substituents is 1. The zero-order valence-corrected chi connectivity index (χ0v) is 33.3. The number of phenols is 1. The Bertz CT molecular complexity index is 2390. The minimum Gasteiger partial charge on any atom is -0.507 e. The molecule has 1 N–H and O–H groups in total. The van der Waals surface area contributed by atoms with Crippen molar-refractivity contribution >= 4 is 21.9 Å². The monoisotopic (exact) mass is 851 g/mol. The van der Waals surface area contributed by atoms with Crippen LogP contribution in [-0.2, 0) is 31.9 Å². The Kier molecular flexibility index (Phi) is 9.63. The van der Waals surface area contributed by atoms with E-state index in [1.54, 1.807) is 6.07 Å². The first kappa shape index (κ1) is 36.3. The van der Waals surface area contributed by atoms with Gasteiger partial charge in [0, 0.05) is 38.8 Å². The summed E-state index contributed by atoms with van der Waals surface area (Å²) in [6.07, 6.45) is 1.87. The molecule has 2 heterocycles. The van der Waals surface area contributed by atoms with Crippen molar-refractivity contribution in [1.29, 1.82) is 0 Å². The molecule has 0 aliphatic carbocycles. The van der Waals surface area contributed by atoms with Gasteiger partial charge in [0.2, 0.25) is 0 Å². The van der Waals surface area contributed by atoms with Crippen LogP contribution in [0.25, 0.3) is 66.7 Å². The van der Waals surface area contributed by atoms with E-state index in [4.69, 9.17) is 9.97 Å². The minimum absolute atomic E-state index is 0. The summed E-state index contributed by atoms with van der Waals surface area (Å²) in [7, 11) is 0. The Morgan fingerprint density at radius 1 is 0.667 bits per heavy atom. The Balaban J connectivity index is 0.00000448. The van der Waals surface area contributed by atoms with E-state index in [0.29, 0.717) is 0 Å². The number of aromatic nitrogens is 3. The number of hydrogen-bond donors (Lipinski definition) is 1. The van der Waals surface area contributed by atoms with Crippen molar-refractivity contribution in [2.75, 3.05) is 0 Å². The molecule has 5 aromatic carbocycles. The van der Waals surface area contributed by atoms with Gasteiger partial charge in [-0.05, 0) is 76.6 Å². The molecule has 0 radical (unpaired) electrons. The van der Waals surface area contributed by atoms with E-state index in [-0.39, 0.29) is 43.7 Å². The molecule has 0 aliphatic heterocycles. The maximum absolute atomic E-state index is 11.3. The molecule has 7 rings (SSSR count). The number of aryl methyl sites for hydroxylation is 1. The molecule has 0 aliphatic rings. The van der Waals surface area contributed by atoms with Gasteiger partial charge < -0.3 is 9.67 Å². The number of hydrogen-bond acceptors (Lipinski definition) is 3. The van der Waals surface area contributed by atoms with Gasteiger partial charge in [-0.2, -0.15) is 0 Å².